The number of benzene rings is 11. The molecule has 1 spiro atoms. The number of rotatable bonds is 6. The summed E-state index contributed by atoms with van der Waals surface area (Å²) >= 11 is 0. The van der Waals surface area contributed by atoms with Crippen LogP contribution in [0.4, 0.5) is 17.1 Å². The molecule has 338 valence electrons. The van der Waals surface area contributed by atoms with Crippen molar-refractivity contribution in [3.63, 3.8) is 0 Å². The molecular weight excluding hydrogens is 869 g/mol. The number of nitrogens with zero attached hydrogens (tertiary/aromatic N) is 2. The van der Waals surface area contributed by atoms with Crippen molar-refractivity contribution in [2.24, 2.45) is 0 Å². The average Bonchev–Trinajstić information content (AvgIpc) is 4.11. The number of hydrogen-bond donors (Lipinski definition) is 0. The number of fused-ring (bicyclic) bond motifs is 16. The standard InChI is InChI=1S/C70H48N2/c1-69(2)60-29-12-6-24-52(60)56-39-36-49(43-64(56)69)71(48-21-4-3-5-22-48)66-33-16-10-23-51(66)47-20-18-19-45(41-47)46-35-38-59-58-28-11-17-34-67(58)72(68(59)42-46)50-37-40-57-55-27-9-15-32-63(55)70(65(57)44-50)61-30-13-7-25-53(61)54-26-8-14-31-62(54)70/h3-44H,1-2H3. The van der Waals surface area contributed by atoms with Crippen LogP contribution in [0.3, 0.4) is 0 Å². The Morgan fingerprint density at radius 1 is 0.306 bits per heavy atom. The molecule has 0 atom stereocenters. The van der Waals surface area contributed by atoms with E-state index in [1.807, 2.05) is 0 Å². The summed E-state index contributed by atoms with van der Waals surface area (Å²) in [4.78, 5) is 2.44. The lowest BCUT2D eigenvalue weighted by molar-refractivity contribution is 0.660. The predicted molar refractivity (Wildman–Crippen MR) is 300 cm³/mol. The van der Waals surface area contributed by atoms with Gasteiger partial charge in [-0.2, -0.15) is 0 Å². The van der Waals surface area contributed by atoms with Crippen molar-refractivity contribution in [2.75, 3.05) is 4.90 Å². The minimum atomic E-state index is -0.422. The molecule has 0 N–H and O–H groups in total. The molecule has 1 aromatic heterocycles. The van der Waals surface area contributed by atoms with Crippen LogP contribution in [0.25, 0.3) is 83.1 Å². The van der Waals surface area contributed by atoms with Crippen molar-refractivity contribution >= 4 is 38.9 Å². The van der Waals surface area contributed by atoms with E-state index in [1.165, 1.54) is 111 Å². The molecule has 0 saturated heterocycles. The van der Waals surface area contributed by atoms with E-state index >= 15 is 0 Å². The first-order chi connectivity index (χ1) is 35.5. The van der Waals surface area contributed by atoms with Crippen LogP contribution in [0.1, 0.15) is 47.2 Å². The average molecular weight is 917 g/mol. The molecular formula is C70H48N2. The summed E-state index contributed by atoms with van der Waals surface area (Å²) in [6.45, 7) is 4.72. The SMILES string of the molecule is CC1(C)c2ccccc2-c2ccc(N(c3ccccc3)c3ccccc3-c3cccc(-c4ccc5c6ccccc6n(-c6ccc7c(c6)C6(c8ccccc8-c8ccccc86)c6ccccc6-7)c5c4)c3)cc21. The van der Waals surface area contributed by atoms with Gasteiger partial charge in [-0.15, -0.1) is 0 Å². The lowest BCUT2D eigenvalue weighted by Crippen LogP contribution is -2.26. The van der Waals surface area contributed by atoms with Gasteiger partial charge in [-0.3, -0.25) is 0 Å². The molecule has 12 aromatic rings. The summed E-state index contributed by atoms with van der Waals surface area (Å²) in [5.74, 6) is 0. The number of anilines is 3. The molecule has 72 heavy (non-hydrogen) atoms. The molecule has 3 aliphatic rings. The van der Waals surface area contributed by atoms with Gasteiger partial charge in [0, 0.05) is 38.8 Å². The normalized spacial score (nSPS) is 13.9. The van der Waals surface area contributed by atoms with Crippen molar-refractivity contribution in [2.45, 2.75) is 24.7 Å². The quantitative estimate of drug-likeness (QED) is 0.161. The van der Waals surface area contributed by atoms with Gasteiger partial charge in [0.15, 0.2) is 0 Å². The van der Waals surface area contributed by atoms with Gasteiger partial charge in [-0.25, -0.2) is 0 Å². The minimum Gasteiger partial charge on any atom is -0.310 e. The molecule has 2 heteroatoms. The van der Waals surface area contributed by atoms with Gasteiger partial charge >= 0.3 is 0 Å². The fraction of sp³-hybridized carbons (Fsp3) is 0.0571. The van der Waals surface area contributed by atoms with Crippen LogP contribution in [-0.2, 0) is 10.8 Å². The van der Waals surface area contributed by atoms with Gasteiger partial charge in [0.2, 0.25) is 0 Å². The van der Waals surface area contributed by atoms with E-state index in [9.17, 15) is 0 Å². The van der Waals surface area contributed by atoms with Crippen molar-refractivity contribution in [1.82, 2.24) is 4.57 Å². The second-order valence-electron chi connectivity index (χ2n) is 20.4. The lowest BCUT2D eigenvalue weighted by Gasteiger charge is -2.30. The van der Waals surface area contributed by atoms with Crippen LogP contribution in [0, 0.1) is 0 Å². The molecule has 15 rings (SSSR count). The van der Waals surface area contributed by atoms with E-state index in [4.69, 9.17) is 0 Å². The number of aromatic nitrogens is 1. The van der Waals surface area contributed by atoms with Gasteiger partial charge in [0.1, 0.15) is 0 Å². The molecule has 0 fully saturated rings. The van der Waals surface area contributed by atoms with E-state index in [0.29, 0.717) is 0 Å². The Morgan fingerprint density at radius 2 is 0.833 bits per heavy atom. The monoisotopic (exact) mass is 916 g/mol. The van der Waals surface area contributed by atoms with Crippen molar-refractivity contribution in [3.05, 3.63) is 288 Å². The van der Waals surface area contributed by atoms with Gasteiger partial charge in [-0.05, 0) is 144 Å². The third kappa shape index (κ3) is 5.61. The lowest BCUT2D eigenvalue weighted by atomic mass is 9.70. The Bertz CT molecular complexity index is 4140. The van der Waals surface area contributed by atoms with Crippen LogP contribution >= 0.6 is 0 Å². The summed E-state index contributed by atoms with van der Waals surface area (Å²) in [6.07, 6.45) is 0. The molecule has 2 nitrogen and oxygen atoms in total. The molecule has 0 aliphatic heterocycles. The highest BCUT2D eigenvalue weighted by atomic mass is 15.1. The zero-order valence-electron chi connectivity index (χ0n) is 40.1. The van der Waals surface area contributed by atoms with Crippen LogP contribution in [-0.4, -0.2) is 4.57 Å². The van der Waals surface area contributed by atoms with Crippen LogP contribution in [0.15, 0.2) is 255 Å². The van der Waals surface area contributed by atoms with E-state index in [-0.39, 0.29) is 5.41 Å². The van der Waals surface area contributed by atoms with Crippen molar-refractivity contribution < 1.29 is 0 Å². The summed E-state index contributed by atoms with van der Waals surface area (Å²) < 4.78 is 2.51. The molecule has 0 unspecified atom stereocenters. The van der Waals surface area contributed by atoms with Crippen molar-refractivity contribution in [3.8, 4) is 61.3 Å². The van der Waals surface area contributed by atoms with Gasteiger partial charge in [0.25, 0.3) is 0 Å². The highest BCUT2D eigenvalue weighted by Gasteiger charge is 2.51. The summed E-state index contributed by atoms with van der Waals surface area (Å²) in [5, 5.41) is 2.49. The Kier molecular flexibility index (Phi) is 8.66. The highest BCUT2D eigenvalue weighted by Crippen LogP contribution is 2.63. The van der Waals surface area contributed by atoms with E-state index in [2.05, 4.69) is 278 Å². The Balaban J connectivity index is 0.876. The third-order valence-corrected chi connectivity index (χ3v) is 16.4. The molecule has 0 saturated carbocycles. The molecule has 1 heterocycles. The van der Waals surface area contributed by atoms with E-state index < -0.39 is 5.41 Å². The van der Waals surface area contributed by atoms with Crippen molar-refractivity contribution in [1.29, 1.82) is 0 Å². The molecule has 0 radical (unpaired) electrons. The number of hydrogen-bond acceptors (Lipinski definition) is 1. The second kappa shape index (κ2) is 15.3. The first-order valence-corrected chi connectivity index (χ1v) is 25.3. The smallest absolute Gasteiger partial charge is 0.0726 e. The van der Waals surface area contributed by atoms with Gasteiger partial charge in [0.05, 0.1) is 22.1 Å². The Morgan fingerprint density at radius 3 is 1.56 bits per heavy atom. The molecule has 0 amide bonds. The summed E-state index contributed by atoms with van der Waals surface area (Å²) in [6, 6.07) is 95.2. The van der Waals surface area contributed by atoms with E-state index in [0.717, 1.165) is 22.7 Å². The first-order valence-electron chi connectivity index (χ1n) is 25.3. The maximum absolute atomic E-state index is 2.51. The first kappa shape index (κ1) is 40.9. The molecule has 3 aliphatic carbocycles. The number of para-hydroxylation sites is 3. The van der Waals surface area contributed by atoms with Gasteiger partial charge in [-0.1, -0.05) is 208 Å². The van der Waals surface area contributed by atoms with E-state index in [1.54, 1.807) is 0 Å². The predicted octanol–water partition coefficient (Wildman–Crippen LogP) is 18.2. The zero-order valence-corrected chi connectivity index (χ0v) is 40.1. The summed E-state index contributed by atoms with van der Waals surface area (Å²) in [7, 11) is 0. The zero-order chi connectivity index (χ0) is 47.7. The maximum atomic E-state index is 2.51. The maximum Gasteiger partial charge on any atom is 0.0726 e. The van der Waals surface area contributed by atoms with Gasteiger partial charge < -0.3 is 9.47 Å². The van der Waals surface area contributed by atoms with Crippen LogP contribution in [0.5, 0.6) is 0 Å². The molecule has 0 bridgehead atoms. The van der Waals surface area contributed by atoms with Crippen LogP contribution in [0.2, 0.25) is 0 Å². The Labute approximate surface area is 420 Å². The highest BCUT2D eigenvalue weighted by molar-refractivity contribution is 6.10. The topological polar surface area (TPSA) is 8.17 Å². The fourth-order valence-electron chi connectivity index (χ4n) is 13.3. The third-order valence-electron chi connectivity index (χ3n) is 16.4. The minimum absolute atomic E-state index is 0.117. The molecule has 11 aromatic carbocycles. The fourth-order valence-corrected chi connectivity index (χ4v) is 13.3. The largest absolute Gasteiger partial charge is 0.310 e. The van der Waals surface area contributed by atoms with Crippen LogP contribution < -0.4 is 4.90 Å². The summed E-state index contributed by atoms with van der Waals surface area (Å²) in [5.41, 5.74) is 27.1. The Hall–Kier alpha value is -8.98. The second-order valence-corrected chi connectivity index (χ2v) is 20.4.